The molecule has 9 rings (SSSR count). The van der Waals surface area contributed by atoms with Crippen molar-refractivity contribution in [1.82, 2.24) is 24.8 Å². The van der Waals surface area contributed by atoms with Gasteiger partial charge >= 0.3 is 6.01 Å². The highest BCUT2D eigenvalue weighted by molar-refractivity contribution is 6.04. The molecule has 5 fully saturated rings. The molecule has 318 valence electrons. The first kappa shape index (κ1) is 40.6. The van der Waals surface area contributed by atoms with Gasteiger partial charge < -0.3 is 34.2 Å². The zero-order chi connectivity index (χ0) is 42.0. The van der Waals surface area contributed by atoms with Crippen molar-refractivity contribution >= 4 is 33.4 Å². The number of anilines is 1. The van der Waals surface area contributed by atoms with E-state index in [-0.39, 0.29) is 93.1 Å². The lowest BCUT2D eigenvalue weighted by molar-refractivity contribution is -0.147. The lowest BCUT2D eigenvalue weighted by Crippen LogP contribution is -2.62. The lowest BCUT2D eigenvalue weighted by Gasteiger charge is -2.56. The molecule has 2 aromatic heterocycles. The molecule has 5 aliphatic rings. The minimum absolute atomic E-state index is 0.0129. The Morgan fingerprint density at radius 2 is 1.82 bits per heavy atom. The Hall–Kier alpha value is -4.84. The van der Waals surface area contributed by atoms with Crippen molar-refractivity contribution < 1.29 is 38.0 Å². The fraction of sp³-hybridized carbons (Fsp3) is 0.565. The van der Waals surface area contributed by atoms with Crippen LogP contribution in [0.3, 0.4) is 0 Å². The first-order valence-corrected chi connectivity index (χ1v) is 21.5. The average Bonchev–Trinajstić information content (AvgIpc) is 3.58. The average molecular weight is 825 g/mol. The van der Waals surface area contributed by atoms with Gasteiger partial charge in [0.2, 0.25) is 11.8 Å². The third kappa shape index (κ3) is 7.06. The van der Waals surface area contributed by atoms with Crippen LogP contribution in [-0.2, 0) is 9.53 Å². The van der Waals surface area contributed by atoms with Crippen LogP contribution < -0.4 is 14.4 Å². The van der Waals surface area contributed by atoms with Gasteiger partial charge in [-0.2, -0.15) is 9.97 Å². The monoisotopic (exact) mass is 824 g/mol. The van der Waals surface area contributed by atoms with Gasteiger partial charge in [0, 0.05) is 59.9 Å². The van der Waals surface area contributed by atoms with Gasteiger partial charge in [0.25, 0.3) is 0 Å². The Kier molecular flexibility index (Phi) is 10.5. The van der Waals surface area contributed by atoms with Crippen LogP contribution in [0, 0.1) is 34.8 Å². The molecule has 14 heteroatoms. The number of likely N-dealkylation sites (tertiary alicyclic amines) is 2. The number of nitrogens with zero attached hydrogens (tertiary/aromatic N) is 6. The molecular weight excluding hydrogens is 771 g/mol. The fourth-order valence-corrected chi connectivity index (χ4v) is 11.3. The number of terminal acetylenes is 1. The maximum Gasteiger partial charge on any atom is 0.319 e. The Balaban J connectivity index is 1.08. The van der Waals surface area contributed by atoms with Gasteiger partial charge in [-0.05, 0) is 88.4 Å². The second kappa shape index (κ2) is 15.6. The highest BCUT2D eigenvalue weighted by Crippen LogP contribution is 2.52. The van der Waals surface area contributed by atoms with Gasteiger partial charge in [-0.15, -0.1) is 6.42 Å². The summed E-state index contributed by atoms with van der Waals surface area (Å²) in [5, 5.41) is 22.8. The molecule has 60 heavy (non-hydrogen) atoms. The number of phenolic OH excluding ortho intramolecular Hbond substituents is 1. The molecule has 0 unspecified atom stereocenters. The number of halogens is 2. The van der Waals surface area contributed by atoms with Crippen LogP contribution in [0.15, 0.2) is 24.3 Å². The number of hydrogen-bond donors (Lipinski definition) is 2. The van der Waals surface area contributed by atoms with Crippen LogP contribution in [0.2, 0.25) is 0 Å². The molecule has 1 amide bonds. The summed E-state index contributed by atoms with van der Waals surface area (Å²) in [6.07, 6.45) is 16.1. The number of methoxy groups -OCH3 is 1. The summed E-state index contributed by atoms with van der Waals surface area (Å²) in [6.45, 7) is 7.61. The molecule has 0 radical (unpaired) electrons. The Bertz CT molecular complexity index is 2370. The molecule has 2 aromatic carbocycles. The number of fused-ring (bicyclic) bond motifs is 3. The van der Waals surface area contributed by atoms with Gasteiger partial charge in [-0.25, -0.2) is 13.8 Å². The Morgan fingerprint density at radius 3 is 2.57 bits per heavy atom. The SMILES string of the molecule is C#Cc1c(F)ccc2cc(O)cc(-c3nc(OC)c4c(N5CCOC[C@@](C)(O)C5)nc(OC[C@]56CCC[C@H]5N(C5CCC7(CC5)CN(C(=O)CC)C7)CCC6)nc4c3F)c12. The number of amides is 1. The van der Waals surface area contributed by atoms with Gasteiger partial charge in [0.15, 0.2) is 5.82 Å². The summed E-state index contributed by atoms with van der Waals surface area (Å²) in [5.41, 5.74) is -1.54. The van der Waals surface area contributed by atoms with Crippen molar-refractivity contribution in [3.63, 3.8) is 0 Å². The second-order valence-corrected chi connectivity index (χ2v) is 18.2. The number of aromatic hydroxyl groups is 1. The van der Waals surface area contributed by atoms with E-state index < -0.39 is 17.2 Å². The first-order chi connectivity index (χ1) is 28.9. The standard InChI is InChI=1S/C46H54F2N6O6/c1-5-31-33(47)11-10-28-21-30(55)22-32(36(28)31)39-38(48)40-37(42(49-39)58-4)41(52-19-20-59-26-44(3,57)23-52)51-43(50-40)60-27-46-14-7-9-34(46)54(18-8-15-46)29-12-16-45(17-13-29)24-53(25-45)35(56)6-2/h1,10-11,21-22,29,34,55,57H,6-9,12-20,23-27H2,2-4H3/t34-,44+,46-/m1/s1. The van der Waals surface area contributed by atoms with E-state index in [0.29, 0.717) is 37.0 Å². The molecule has 5 heterocycles. The second-order valence-electron chi connectivity index (χ2n) is 18.2. The van der Waals surface area contributed by atoms with E-state index in [9.17, 15) is 15.0 Å². The topological polar surface area (TPSA) is 134 Å². The van der Waals surface area contributed by atoms with Crippen LogP contribution in [0.5, 0.6) is 17.6 Å². The number of pyridine rings is 1. The fourth-order valence-electron chi connectivity index (χ4n) is 11.3. The van der Waals surface area contributed by atoms with Gasteiger partial charge in [0.05, 0.1) is 39.0 Å². The number of aliphatic hydroxyl groups is 1. The smallest absolute Gasteiger partial charge is 0.319 e. The third-order valence-corrected chi connectivity index (χ3v) is 14.1. The Labute approximate surface area is 349 Å². The van der Waals surface area contributed by atoms with Gasteiger partial charge in [0.1, 0.15) is 39.6 Å². The number of β-amino-alcohol motifs (C(OH)–C–C–N with tert-alkyl or cyclic N) is 1. The van der Waals surface area contributed by atoms with Crippen molar-refractivity contribution in [2.45, 2.75) is 95.7 Å². The van der Waals surface area contributed by atoms with E-state index in [4.69, 9.17) is 30.6 Å². The highest BCUT2D eigenvalue weighted by atomic mass is 19.1. The molecule has 12 nitrogen and oxygen atoms in total. The lowest BCUT2D eigenvalue weighted by atomic mass is 9.66. The number of piperidine rings is 1. The summed E-state index contributed by atoms with van der Waals surface area (Å²) in [4.78, 5) is 33.2. The normalized spacial score (nSPS) is 25.9. The minimum atomic E-state index is -1.25. The van der Waals surface area contributed by atoms with Crippen LogP contribution in [0.4, 0.5) is 14.6 Å². The number of hydrogen-bond acceptors (Lipinski definition) is 11. The zero-order valence-electron chi connectivity index (χ0n) is 34.7. The van der Waals surface area contributed by atoms with Crippen molar-refractivity contribution in [1.29, 1.82) is 0 Å². The molecule has 0 bridgehead atoms. The summed E-state index contributed by atoms with van der Waals surface area (Å²) in [7, 11) is 1.40. The molecule has 3 saturated heterocycles. The van der Waals surface area contributed by atoms with Crippen molar-refractivity contribution in [3.05, 3.63) is 41.5 Å². The summed E-state index contributed by atoms with van der Waals surface area (Å²) >= 11 is 0. The van der Waals surface area contributed by atoms with E-state index in [2.05, 4.69) is 15.8 Å². The summed E-state index contributed by atoms with van der Waals surface area (Å²) in [6, 6.07) is 6.20. The van der Waals surface area contributed by atoms with E-state index in [1.165, 1.54) is 31.4 Å². The van der Waals surface area contributed by atoms with E-state index >= 15 is 8.78 Å². The number of benzene rings is 2. The number of carbonyl (C=O) groups excluding carboxylic acids is 1. The summed E-state index contributed by atoms with van der Waals surface area (Å²) < 4.78 is 50.8. The molecule has 3 atom stereocenters. The molecule has 2 saturated carbocycles. The third-order valence-electron chi connectivity index (χ3n) is 14.1. The molecule has 2 N–H and O–H groups in total. The highest BCUT2D eigenvalue weighted by Gasteiger charge is 2.53. The van der Waals surface area contributed by atoms with Crippen LogP contribution in [0.25, 0.3) is 32.9 Å². The predicted octanol–water partition coefficient (Wildman–Crippen LogP) is 6.60. The van der Waals surface area contributed by atoms with Crippen molar-refractivity contribution in [2.24, 2.45) is 10.8 Å². The van der Waals surface area contributed by atoms with E-state index in [1.54, 1.807) is 6.92 Å². The molecule has 1 spiro atoms. The quantitative estimate of drug-likeness (QED) is 0.186. The Morgan fingerprint density at radius 1 is 1.03 bits per heavy atom. The first-order valence-electron chi connectivity index (χ1n) is 21.5. The predicted molar refractivity (Wildman–Crippen MR) is 223 cm³/mol. The maximum absolute atomic E-state index is 17.4. The number of carbonyl (C=O) groups is 1. The van der Waals surface area contributed by atoms with E-state index in [0.717, 1.165) is 77.4 Å². The van der Waals surface area contributed by atoms with Crippen LogP contribution in [0.1, 0.15) is 83.6 Å². The number of aromatic nitrogens is 3. The van der Waals surface area contributed by atoms with E-state index in [1.807, 2.05) is 16.7 Å². The van der Waals surface area contributed by atoms with Gasteiger partial charge in [-0.3, -0.25) is 9.69 Å². The number of phenols is 1. The van der Waals surface area contributed by atoms with Gasteiger partial charge in [-0.1, -0.05) is 25.3 Å². The van der Waals surface area contributed by atoms with Crippen LogP contribution >= 0.6 is 0 Å². The molecular formula is C46H54F2N6O6. The van der Waals surface area contributed by atoms with Crippen LogP contribution in [-0.4, -0.2) is 118 Å². The maximum atomic E-state index is 17.4. The molecule has 4 aromatic rings. The summed E-state index contributed by atoms with van der Waals surface area (Å²) in [5.74, 6) is 1.18. The van der Waals surface area contributed by atoms with Crippen molar-refractivity contribution in [3.8, 4) is 41.2 Å². The number of rotatable bonds is 8. The number of ether oxygens (including phenoxy) is 3. The molecule has 2 aliphatic carbocycles. The molecule has 3 aliphatic heterocycles. The largest absolute Gasteiger partial charge is 0.508 e. The zero-order valence-corrected chi connectivity index (χ0v) is 34.7. The van der Waals surface area contributed by atoms with Crippen molar-refractivity contribution in [2.75, 3.05) is 64.6 Å². The minimum Gasteiger partial charge on any atom is -0.508 e.